The second-order valence-electron chi connectivity index (χ2n) is 11.0. The molecule has 1 aromatic heterocycles. The molecule has 3 rings (SSSR count). The number of ketones is 1. The van der Waals surface area contributed by atoms with Crippen molar-refractivity contribution >= 4 is 33.2 Å². The Balaban J connectivity index is 0. The number of amides is 1. The summed E-state index contributed by atoms with van der Waals surface area (Å²) in [6.07, 6.45) is 10.8. The predicted molar refractivity (Wildman–Crippen MR) is 186 cm³/mol. The molecule has 0 aliphatic heterocycles. The first-order valence-electron chi connectivity index (χ1n) is 16.1. The summed E-state index contributed by atoms with van der Waals surface area (Å²) >= 11 is 1.12. The second kappa shape index (κ2) is 25.5. The molecule has 0 atom stereocenters. The second-order valence-corrected chi connectivity index (χ2v) is 12.0. The number of carbonyl (C=O) groups excluding carboxylic acids is 2. The molecule has 2 N–H and O–H groups in total. The number of aromatic nitrogens is 1. The van der Waals surface area contributed by atoms with Gasteiger partial charge in [0.1, 0.15) is 0 Å². The SMILES string of the molecule is CC(=O)NCc1ccc(C(C)(F)F)cc1.CC(=O)c1ccc2[nH]c(=O)sc2c1.CCCC.CCCC.CCCC(C)CCC. The molecule has 0 saturated heterocycles. The van der Waals surface area contributed by atoms with E-state index in [1.165, 1.54) is 77.3 Å². The van der Waals surface area contributed by atoms with Crippen LogP contribution in [0, 0.1) is 5.92 Å². The van der Waals surface area contributed by atoms with E-state index in [0.29, 0.717) is 12.1 Å². The fourth-order valence-corrected chi connectivity index (χ4v) is 4.21. The number of hydrogen-bond acceptors (Lipinski definition) is 4. The van der Waals surface area contributed by atoms with Gasteiger partial charge in [-0.15, -0.1) is 0 Å². The van der Waals surface area contributed by atoms with Gasteiger partial charge in [0.15, 0.2) is 5.78 Å². The highest BCUT2D eigenvalue weighted by Crippen LogP contribution is 2.26. The van der Waals surface area contributed by atoms with Gasteiger partial charge < -0.3 is 10.3 Å². The minimum atomic E-state index is -2.81. The Hall–Kier alpha value is -2.87. The zero-order chi connectivity index (χ0) is 34.1. The van der Waals surface area contributed by atoms with Gasteiger partial charge in [-0.25, -0.2) is 8.78 Å². The maximum absolute atomic E-state index is 12.8. The van der Waals surface area contributed by atoms with Gasteiger partial charge in [0.2, 0.25) is 5.91 Å². The number of unbranched alkanes of at least 4 members (excludes halogenated alkanes) is 2. The molecule has 0 spiro atoms. The van der Waals surface area contributed by atoms with Crippen LogP contribution in [-0.2, 0) is 17.3 Å². The minimum Gasteiger partial charge on any atom is -0.352 e. The van der Waals surface area contributed by atoms with Crippen LogP contribution in [0.2, 0.25) is 0 Å². The summed E-state index contributed by atoms with van der Waals surface area (Å²) in [4.78, 5) is 35.2. The Morgan fingerprint density at radius 2 is 1.34 bits per heavy atom. The number of Topliss-reactive ketones (excluding diaryl/α,β-unsaturated/α-hetero) is 1. The minimum absolute atomic E-state index is 0.0164. The standard InChI is InChI=1S/C11H13F2NO.C9H7NO2S.C8H18.2C4H10/c1-8(15)14-7-9-3-5-10(6-4-9)11(2,12)13;1-5(11)6-2-3-7-8(4-6)13-9(12)10-7;1-4-6-8(3)7-5-2;2*1-3-4-2/h3-6H,7H2,1-2H3,(H,14,15);2-4H,1H3,(H,10,12);8H,4-7H2,1-3H3;2*3-4H2,1-2H3. The highest BCUT2D eigenvalue weighted by molar-refractivity contribution is 7.16. The molecule has 1 amide bonds. The Morgan fingerprint density at radius 1 is 0.841 bits per heavy atom. The first kappa shape index (κ1) is 43.3. The topological polar surface area (TPSA) is 79.0 Å². The Labute approximate surface area is 269 Å². The van der Waals surface area contributed by atoms with Gasteiger partial charge in [-0.1, -0.05) is 135 Å². The van der Waals surface area contributed by atoms with Crippen LogP contribution in [0.25, 0.3) is 10.2 Å². The van der Waals surface area contributed by atoms with Gasteiger partial charge in [0, 0.05) is 31.5 Å². The summed E-state index contributed by atoms with van der Waals surface area (Å²) in [6.45, 7) is 19.7. The van der Waals surface area contributed by atoms with E-state index >= 15 is 0 Å². The van der Waals surface area contributed by atoms with Crippen molar-refractivity contribution in [3.05, 3.63) is 68.8 Å². The fraction of sp³-hybridized carbons (Fsp3) is 0.583. The van der Waals surface area contributed by atoms with E-state index in [0.717, 1.165) is 40.0 Å². The van der Waals surface area contributed by atoms with Crippen molar-refractivity contribution in [3.8, 4) is 0 Å². The van der Waals surface area contributed by atoms with Gasteiger partial charge >= 0.3 is 4.87 Å². The normalized spacial score (nSPS) is 10.2. The third-order valence-electron chi connectivity index (χ3n) is 6.39. The number of halogens is 2. The number of aromatic amines is 1. The van der Waals surface area contributed by atoms with Crippen LogP contribution in [0.4, 0.5) is 8.78 Å². The molecule has 0 fully saturated rings. The number of fused-ring (bicyclic) bond motifs is 1. The van der Waals surface area contributed by atoms with Crippen molar-refractivity contribution in [3.63, 3.8) is 0 Å². The molecular formula is C36H58F2N2O3S. The third-order valence-corrected chi connectivity index (χ3v) is 7.24. The van der Waals surface area contributed by atoms with E-state index in [9.17, 15) is 23.2 Å². The van der Waals surface area contributed by atoms with Gasteiger partial charge in [0.25, 0.3) is 5.92 Å². The number of benzene rings is 2. The summed E-state index contributed by atoms with van der Waals surface area (Å²) in [6, 6.07) is 11.1. The zero-order valence-electron chi connectivity index (χ0n) is 28.9. The molecule has 2 aromatic carbocycles. The lowest BCUT2D eigenvalue weighted by atomic mass is 10.0. The Bertz CT molecular complexity index is 1200. The van der Waals surface area contributed by atoms with Crippen LogP contribution in [0.15, 0.2) is 47.3 Å². The summed E-state index contributed by atoms with van der Waals surface area (Å²) < 4.78 is 26.5. The summed E-state index contributed by atoms with van der Waals surface area (Å²) in [5, 5.41) is 2.59. The van der Waals surface area contributed by atoms with Crippen molar-refractivity contribution in [2.45, 2.75) is 133 Å². The van der Waals surface area contributed by atoms with E-state index in [-0.39, 0.29) is 22.1 Å². The number of thiazole rings is 1. The van der Waals surface area contributed by atoms with Crippen LogP contribution in [0.1, 0.15) is 142 Å². The number of carbonyl (C=O) groups is 2. The smallest absolute Gasteiger partial charge is 0.305 e. The van der Waals surface area contributed by atoms with Gasteiger partial charge in [-0.2, -0.15) is 0 Å². The molecule has 0 bridgehead atoms. The van der Waals surface area contributed by atoms with E-state index in [2.05, 4.69) is 58.8 Å². The first-order chi connectivity index (χ1) is 20.7. The first-order valence-corrected chi connectivity index (χ1v) is 16.9. The van der Waals surface area contributed by atoms with E-state index in [1.54, 1.807) is 30.3 Å². The molecule has 44 heavy (non-hydrogen) atoms. The van der Waals surface area contributed by atoms with Crippen LogP contribution in [0.3, 0.4) is 0 Å². The van der Waals surface area contributed by atoms with Crippen molar-refractivity contribution in [1.82, 2.24) is 10.3 Å². The van der Waals surface area contributed by atoms with Gasteiger partial charge in [-0.3, -0.25) is 14.4 Å². The average Bonchev–Trinajstić information content (AvgIpc) is 3.36. The lowest BCUT2D eigenvalue weighted by Gasteiger charge is -2.11. The van der Waals surface area contributed by atoms with Crippen molar-refractivity contribution < 1.29 is 18.4 Å². The van der Waals surface area contributed by atoms with Crippen molar-refractivity contribution in [2.75, 3.05) is 0 Å². The molecule has 0 unspecified atom stereocenters. The highest BCUT2D eigenvalue weighted by atomic mass is 32.1. The maximum atomic E-state index is 12.8. The molecule has 8 heteroatoms. The number of nitrogens with one attached hydrogen (secondary N) is 2. The molecular weight excluding hydrogens is 578 g/mol. The van der Waals surface area contributed by atoms with Crippen molar-refractivity contribution in [1.29, 1.82) is 0 Å². The lowest BCUT2D eigenvalue weighted by Crippen LogP contribution is -2.19. The van der Waals surface area contributed by atoms with E-state index in [1.807, 2.05) is 0 Å². The summed E-state index contributed by atoms with van der Waals surface area (Å²) in [5.74, 6) is -1.97. The molecule has 3 aromatic rings. The number of alkyl halides is 2. The van der Waals surface area contributed by atoms with Gasteiger partial charge in [-0.05, 0) is 36.6 Å². The maximum Gasteiger partial charge on any atom is 0.305 e. The summed E-state index contributed by atoms with van der Waals surface area (Å²) in [7, 11) is 0. The highest BCUT2D eigenvalue weighted by Gasteiger charge is 2.23. The monoisotopic (exact) mass is 636 g/mol. The Morgan fingerprint density at radius 3 is 1.73 bits per heavy atom. The molecule has 0 aliphatic carbocycles. The molecule has 0 radical (unpaired) electrons. The molecule has 250 valence electrons. The number of rotatable bonds is 10. The molecule has 0 saturated carbocycles. The van der Waals surface area contributed by atoms with Gasteiger partial charge in [0.05, 0.1) is 10.2 Å². The molecule has 0 aliphatic rings. The third kappa shape index (κ3) is 21.8. The number of hydrogen-bond donors (Lipinski definition) is 2. The zero-order valence-corrected chi connectivity index (χ0v) is 29.7. The lowest BCUT2D eigenvalue weighted by molar-refractivity contribution is -0.119. The molecule has 5 nitrogen and oxygen atoms in total. The number of H-pyrrole nitrogens is 1. The molecule has 1 heterocycles. The quantitative estimate of drug-likeness (QED) is 0.217. The fourth-order valence-electron chi connectivity index (χ4n) is 3.44. The van der Waals surface area contributed by atoms with E-state index < -0.39 is 5.92 Å². The van der Waals surface area contributed by atoms with Crippen LogP contribution in [-0.4, -0.2) is 16.7 Å². The van der Waals surface area contributed by atoms with E-state index in [4.69, 9.17) is 0 Å². The van der Waals surface area contributed by atoms with Crippen molar-refractivity contribution in [2.24, 2.45) is 5.92 Å². The summed E-state index contributed by atoms with van der Waals surface area (Å²) in [5.41, 5.74) is 2.22. The van der Waals surface area contributed by atoms with Crippen LogP contribution < -0.4 is 10.2 Å². The Kier molecular flexibility index (Phi) is 25.0. The van der Waals surface area contributed by atoms with Crippen LogP contribution in [0.5, 0.6) is 0 Å². The van der Waals surface area contributed by atoms with Crippen LogP contribution >= 0.6 is 11.3 Å². The average molecular weight is 637 g/mol. The largest absolute Gasteiger partial charge is 0.352 e. The predicted octanol–water partition coefficient (Wildman–Crippen LogP) is 11.1.